The molecule has 0 fully saturated rings. The fourth-order valence-electron chi connectivity index (χ4n) is 0.356. The number of rotatable bonds is 3. The molecule has 0 unspecified atom stereocenters. The van der Waals surface area contributed by atoms with Crippen molar-refractivity contribution >= 4 is 17.8 Å². The summed E-state index contributed by atoms with van der Waals surface area (Å²) in [5.41, 5.74) is 5.30. The molecule has 52 valence electrons. The summed E-state index contributed by atoms with van der Waals surface area (Å²) in [6.45, 7) is 2.45. The maximum Gasteiger partial charge on any atom is 0.0236 e. The van der Waals surface area contributed by atoms with Crippen molar-refractivity contribution < 1.29 is 0 Å². The Hall–Kier alpha value is -0.340. The molecule has 0 aromatic heterocycles. The van der Waals surface area contributed by atoms with E-state index in [2.05, 4.69) is 0 Å². The fourth-order valence-corrected chi connectivity index (χ4v) is 0.509. The van der Waals surface area contributed by atoms with Gasteiger partial charge in [0.2, 0.25) is 0 Å². The molecule has 0 aliphatic rings. The lowest BCUT2D eigenvalue weighted by molar-refractivity contribution is 0.727. The van der Waals surface area contributed by atoms with E-state index in [4.69, 9.17) is 22.7 Å². The number of nitrogens with one attached hydrogen (secondary N) is 1. The first kappa shape index (κ1) is 8.66. The summed E-state index contributed by atoms with van der Waals surface area (Å²) in [5, 5.41) is 7.32. The fraction of sp³-hybridized carbons (Fsp3) is 0.500. The molecule has 0 aliphatic carbocycles. The molecule has 0 aliphatic heterocycles. The van der Waals surface area contributed by atoms with Gasteiger partial charge in [0.25, 0.3) is 0 Å². The van der Waals surface area contributed by atoms with Crippen LogP contribution in [-0.2, 0) is 0 Å². The van der Waals surface area contributed by atoms with Gasteiger partial charge in [-0.25, -0.2) is 0 Å². The topological polar surface area (TPSA) is 49.9 Å². The standard InChI is InChI=1S/C6H11ClN2/c1-5(4-9)6(7)2-3-8/h2-3,5,8H,4,9H2,1H3/b6-2+,8-3?/t5-/m0/s1. The van der Waals surface area contributed by atoms with Crippen LogP contribution in [0.1, 0.15) is 6.92 Å². The van der Waals surface area contributed by atoms with Crippen LogP contribution in [0.15, 0.2) is 11.1 Å². The van der Waals surface area contributed by atoms with E-state index in [1.165, 1.54) is 0 Å². The molecular weight excluding hydrogens is 136 g/mol. The van der Waals surface area contributed by atoms with Crippen molar-refractivity contribution in [2.75, 3.05) is 6.54 Å². The minimum atomic E-state index is 0.174. The highest BCUT2D eigenvalue weighted by Gasteiger charge is 2.00. The van der Waals surface area contributed by atoms with Crippen LogP contribution in [-0.4, -0.2) is 12.8 Å². The van der Waals surface area contributed by atoms with Crippen LogP contribution < -0.4 is 5.73 Å². The minimum absolute atomic E-state index is 0.174. The molecule has 0 rings (SSSR count). The van der Waals surface area contributed by atoms with Gasteiger partial charge in [-0.15, -0.1) is 0 Å². The Bertz CT molecular complexity index is 120. The summed E-state index contributed by atoms with van der Waals surface area (Å²) in [6, 6.07) is 0. The molecule has 0 aromatic rings. The molecule has 2 nitrogen and oxygen atoms in total. The maximum atomic E-state index is 6.67. The first-order valence-electron chi connectivity index (χ1n) is 2.78. The van der Waals surface area contributed by atoms with E-state index in [9.17, 15) is 0 Å². The Morgan fingerprint density at radius 1 is 1.89 bits per heavy atom. The van der Waals surface area contributed by atoms with E-state index < -0.39 is 0 Å². The van der Waals surface area contributed by atoms with Crippen molar-refractivity contribution in [1.82, 2.24) is 0 Å². The molecule has 0 radical (unpaired) electrons. The summed E-state index contributed by atoms with van der Waals surface area (Å²) in [6.07, 6.45) is 2.70. The highest BCUT2D eigenvalue weighted by atomic mass is 35.5. The molecule has 0 spiro atoms. The third-order valence-electron chi connectivity index (χ3n) is 1.07. The zero-order valence-electron chi connectivity index (χ0n) is 5.39. The van der Waals surface area contributed by atoms with Gasteiger partial charge in [-0.3, -0.25) is 0 Å². The third kappa shape index (κ3) is 3.27. The third-order valence-corrected chi connectivity index (χ3v) is 1.57. The SMILES string of the molecule is C[C@@H](CN)/C(Cl)=C\C=N. The van der Waals surface area contributed by atoms with E-state index in [1.54, 1.807) is 6.08 Å². The van der Waals surface area contributed by atoms with Crippen molar-refractivity contribution in [3.05, 3.63) is 11.1 Å². The summed E-state index contributed by atoms with van der Waals surface area (Å²) in [5.74, 6) is 0.174. The second kappa shape index (κ2) is 4.53. The first-order valence-corrected chi connectivity index (χ1v) is 3.16. The predicted molar refractivity (Wildman–Crippen MR) is 40.9 cm³/mol. The van der Waals surface area contributed by atoms with Crippen molar-refractivity contribution in [3.8, 4) is 0 Å². The summed E-state index contributed by atoms with van der Waals surface area (Å²) in [7, 11) is 0. The van der Waals surface area contributed by atoms with Crippen LogP contribution in [0.3, 0.4) is 0 Å². The Balaban J connectivity index is 3.84. The summed E-state index contributed by atoms with van der Waals surface area (Å²) < 4.78 is 0. The van der Waals surface area contributed by atoms with Crippen molar-refractivity contribution in [2.24, 2.45) is 11.7 Å². The first-order chi connectivity index (χ1) is 4.22. The smallest absolute Gasteiger partial charge is 0.0236 e. The molecule has 0 saturated carbocycles. The van der Waals surface area contributed by atoms with Gasteiger partial charge in [-0.2, -0.15) is 0 Å². The van der Waals surface area contributed by atoms with Crippen LogP contribution >= 0.6 is 11.6 Å². The Kier molecular flexibility index (Phi) is 4.36. The molecule has 3 N–H and O–H groups in total. The van der Waals surface area contributed by atoms with Crippen molar-refractivity contribution in [1.29, 1.82) is 5.41 Å². The number of nitrogens with two attached hydrogens (primary N) is 1. The number of allylic oxidation sites excluding steroid dienone is 1. The molecule has 0 saturated heterocycles. The van der Waals surface area contributed by atoms with E-state index in [-0.39, 0.29) is 5.92 Å². The lowest BCUT2D eigenvalue weighted by Crippen LogP contribution is -2.10. The van der Waals surface area contributed by atoms with Crippen molar-refractivity contribution in [2.45, 2.75) is 6.92 Å². The van der Waals surface area contributed by atoms with E-state index >= 15 is 0 Å². The molecule has 0 amide bonds. The number of hydrogen-bond donors (Lipinski definition) is 2. The molecule has 1 atom stereocenters. The lowest BCUT2D eigenvalue weighted by atomic mass is 10.2. The minimum Gasteiger partial charge on any atom is -0.330 e. The van der Waals surface area contributed by atoms with Gasteiger partial charge in [0.05, 0.1) is 0 Å². The van der Waals surface area contributed by atoms with E-state index in [1.807, 2.05) is 6.92 Å². The maximum absolute atomic E-state index is 6.67. The van der Waals surface area contributed by atoms with Crippen LogP contribution in [0, 0.1) is 11.3 Å². The second-order valence-corrected chi connectivity index (χ2v) is 2.29. The average Bonchev–Trinajstić information content (AvgIpc) is 1.87. The van der Waals surface area contributed by atoms with Gasteiger partial charge in [0.1, 0.15) is 0 Å². The van der Waals surface area contributed by atoms with Crippen molar-refractivity contribution in [3.63, 3.8) is 0 Å². The van der Waals surface area contributed by atoms with Gasteiger partial charge >= 0.3 is 0 Å². The summed E-state index contributed by atoms with van der Waals surface area (Å²) in [4.78, 5) is 0. The average molecular weight is 147 g/mol. The monoisotopic (exact) mass is 146 g/mol. The quantitative estimate of drug-likeness (QED) is 0.581. The number of halogens is 1. The zero-order valence-corrected chi connectivity index (χ0v) is 6.15. The second-order valence-electron chi connectivity index (χ2n) is 1.85. The molecule has 3 heteroatoms. The normalized spacial score (nSPS) is 15.2. The van der Waals surface area contributed by atoms with Crippen LogP contribution in [0.4, 0.5) is 0 Å². The lowest BCUT2D eigenvalue weighted by Gasteiger charge is -2.03. The highest BCUT2D eigenvalue weighted by Crippen LogP contribution is 2.11. The van der Waals surface area contributed by atoms with Gasteiger partial charge in [-0.05, 0) is 12.6 Å². The Labute approximate surface area is 60.2 Å². The van der Waals surface area contributed by atoms with Crippen LogP contribution in [0.25, 0.3) is 0 Å². The van der Waals surface area contributed by atoms with Gasteiger partial charge < -0.3 is 11.1 Å². The zero-order chi connectivity index (χ0) is 7.28. The molecule has 0 heterocycles. The molecular formula is C6H11ClN2. The number of hydrogen-bond acceptors (Lipinski definition) is 2. The largest absolute Gasteiger partial charge is 0.330 e. The molecule has 9 heavy (non-hydrogen) atoms. The Morgan fingerprint density at radius 2 is 2.44 bits per heavy atom. The predicted octanol–water partition coefficient (Wildman–Crippen LogP) is 1.35. The van der Waals surface area contributed by atoms with Gasteiger partial charge in [0.15, 0.2) is 0 Å². The Morgan fingerprint density at radius 3 is 2.78 bits per heavy atom. The van der Waals surface area contributed by atoms with Crippen LogP contribution in [0.2, 0.25) is 0 Å². The van der Waals surface area contributed by atoms with E-state index in [0.717, 1.165) is 6.21 Å². The molecule has 0 aromatic carbocycles. The highest BCUT2D eigenvalue weighted by molar-refractivity contribution is 6.30. The van der Waals surface area contributed by atoms with Gasteiger partial charge in [0, 0.05) is 17.2 Å². The van der Waals surface area contributed by atoms with Crippen LogP contribution in [0.5, 0.6) is 0 Å². The summed E-state index contributed by atoms with van der Waals surface area (Å²) >= 11 is 5.66. The van der Waals surface area contributed by atoms with E-state index in [0.29, 0.717) is 11.6 Å². The van der Waals surface area contributed by atoms with Gasteiger partial charge in [-0.1, -0.05) is 18.5 Å². The molecule has 0 bridgehead atoms.